The smallest absolute Gasteiger partial charge is 0.409 e. The number of benzene rings is 2. The van der Waals surface area contributed by atoms with Crippen LogP contribution in [-0.4, -0.2) is 85.3 Å². The molecule has 3 aliphatic rings. The Balaban J connectivity index is 1.46. The number of rotatable bonds is 4. The number of methoxy groups -OCH3 is 1. The average Bonchev–Trinajstić information content (AvgIpc) is 3.07. The van der Waals surface area contributed by atoms with Crippen molar-refractivity contribution in [1.82, 2.24) is 19.8 Å². The Morgan fingerprint density at radius 1 is 1.04 bits per heavy atom. The zero-order valence-corrected chi connectivity index (χ0v) is 30.9. The summed E-state index contributed by atoms with van der Waals surface area (Å²) in [7, 11) is -3.01. The fraction of sp³-hybridized carbons (Fsp3) is 0.514. The number of aromatic nitrogens is 2. The summed E-state index contributed by atoms with van der Waals surface area (Å²) in [6.45, 7) is 8.29. The molecule has 1 saturated heterocycles. The number of ether oxygens (including phenoxy) is 2. The molecule has 3 heterocycles. The van der Waals surface area contributed by atoms with Gasteiger partial charge >= 0.3 is 12.3 Å². The van der Waals surface area contributed by atoms with Gasteiger partial charge in [-0.25, -0.2) is 22.9 Å². The summed E-state index contributed by atoms with van der Waals surface area (Å²) in [6, 6.07) is 9.58. The highest BCUT2D eigenvalue weighted by Gasteiger charge is 2.54. The van der Waals surface area contributed by atoms with Crippen LogP contribution in [0.5, 0.6) is 5.88 Å². The number of hydrogen-bond donors (Lipinski definition) is 1. The van der Waals surface area contributed by atoms with Crippen LogP contribution >= 0.6 is 0 Å². The van der Waals surface area contributed by atoms with Crippen LogP contribution in [0.2, 0.25) is 0 Å². The van der Waals surface area contributed by atoms with Crippen LogP contribution in [0.4, 0.5) is 23.9 Å². The van der Waals surface area contributed by atoms with E-state index in [1.165, 1.54) is 36.3 Å². The van der Waals surface area contributed by atoms with Gasteiger partial charge in [-0.1, -0.05) is 38.1 Å². The van der Waals surface area contributed by atoms with Gasteiger partial charge in [0.1, 0.15) is 6.61 Å². The van der Waals surface area contributed by atoms with E-state index in [0.717, 1.165) is 30.5 Å². The number of carbonyl (C=O) groups excluding carboxylic acids is 2. The van der Waals surface area contributed by atoms with Crippen molar-refractivity contribution in [2.24, 2.45) is 10.8 Å². The van der Waals surface area contributed by atoms with Crippen LogP contribution in [0.25, 0.3) is 11.3 Å². The number of hydrogen-bond acceptors (Lipinski definition) is 8. The second-order valence-corrected chi connectivity index (χ2v) is 16.7. The first-order valence-electron chi connectivity index (χ1n) is 17.3. The summed E-state index contributed by atoms with van der Waals surface area (Å²) in [5.41, 5.74) is 0.915. The van der Waals surface area contributed by atoms with Gasteiger partial charge in [-0.2, -0.15) is 18.2 Å². The maximum Gasteiger partial charge on any atom is 0.409 e. The van der Waals surface area contributed by atoms with Crippen LogP contribution in [0, 0.1) is 31.6 Å². The van der Waals surface area contributed by atoms with Crippen molar-refractivity contribution in [3.8, 4) is 17.1 Å². The van der Waals surface area contributed by atoms with E-state index in [2.05, 4.69) is 14.7 Å². The number of sulfonamides is 1. The second-order valence-electron chi connectivity index (χ2n) is 15.0. The van der Waals surface area contributed by atoms with Crippen LogP contribution in [0.3, 0.4) is 0 Å². The van der Waals surface area contributed by atoms with Crippen molar-refractivity contribution in [3.05, 3.63) is 64.7 Å². The third-order valence-corrected chi connectivity index (χ3v) is 12.3. The Morgan fingerprint density at radius 3 is 2.29 bits per heavy atom. The van der Waals surface area contributed by atoms with E-state index in [0.29, 0.717) is 50.0 Å². The van der Waals surface area contributed by atoms with E-state index < -0.39 is 52.1 Å². The van der Waals surface area contributed by atoms with Crippen molar-refractivity contribution < 1.29 is 40.7 Å². The Labute approximate surface area is 302 Å². The molecule has 6 rings (SSSR count). The molecule has 1 aliphatic carbocycles. The number of nitrogens with zero attached hydrogens (tertiary/aromatic N) is 4. The molecule has 2 aliphatic heterocycles. The largest absolute Gasteiger partial charge is 0.475 e. The molecule has 1 aromatic heterocycles. The molecule has 4 bridgehead atoms. The van der Waals surface area contributed by atoms with Crippen LogP contribution in [0.15, 0.2) is 47.4 Å². The number of piperidine rings is 1. The molecule has 280 valence electrons. The molecular weight excluding hydrogens is 699 g/mol. The molecule has 15 heteroatoms. The van der Waals surface area contributed by atoms with Gasteiger partial charge in [-0.15, -0.1) is 0 Å². The van der Waals surface area contributed by atoms with Gasteiger partial charge in [0.2, 0.25) is 11.8 Å². The van der Waals surface area contributed by atoms with Crippen molar-refractivity contribution in [2.45, 2.75) is 89.9 Å². The molecule has 1 saturated carbocycles. The lowest BCUT2D eigenvalue weighted by atomic mass is 9.59. The van der Waals surface area contributed by atoms with E-state index in [1.807, 2.05) is 32.0 Å². The lowest BCUT2D eigenvalue weighted by molar-refractivity contribution is -0.219. The lowest BCUT2D eigenvalue weighted by Gasteiger charge is -2.56. The number of nitrogens with one attached hydrogen (secondary N) is 1. The number of likely N-dealkylation sites (tertiary alicyclic amines) is 1. The first-order valence-corrected chi connectivity index (χ1v) is 18.8. The summed E-state index contributed by atoms with van der Waals surface area (Å²) in [5, 5.41) is 0. The summed E-state index contributed by atoms with van der Waals surface area (Å²) in [6.07, 6.45) is -3.19. The van der Waals surface area contributed by atoms with Gasteiger partial charge in [0.15, 0.2) is 0 Å². The Bertz CT molecular complexity index is 1970. The third-order valence-electron chi connectivity index (χ3n) is 11.0. The predicted molar refractivity (Wildman–Crippen MR) is 188 cm³/mol. The third kappa shape index (κ3) is 7.03. The van der Waals surface area contributed by atoms with E-state index in [-0.39, 0.29) is 34.3 Å². The van der Waals surface area contributed by atoms with Gasteiger partial charge in [-0.3, -0.25) is 4.79 Å². The second kappa shape index (κ2) is 13.5. The number of alkyl halides is 3. The van der Waals surface area contributed by atoms with Crippen molar-refractivity contribution in [1.29, 1.82) is 0 Å². The van der Waals surface area contributed by atoms with Gasteiger partial charge in [-0.05, 0) is 87.6 Å². The predicted octanol–water partition coefficient (Wildman–Crippen LogP) is 7.06. The van der Waals surface area contributed by atoms with Crippen molar-refractivity contribution in [2.75, 3.05) is 31.5 Å². The number of halogens is 3. The maximum atomic E-state index is 14.6. The monoisotopic (exact) mass is 743 g/mol. The summed E-state index contributed by atoms with van der Waals surface area (Å²) in [4.78, 5) is 38.6. The fourth-order valence-corrected chi connectivity index (χ4v) is 8.81. The standard InChI is InChI=1S/C37H44F3N5O6S/c1-22-9-7-10-23(2)29(22)30-24(3)31-42-33(41-30)43-52(48,49)28-12-8-11-25(17-28)32(46)45(27(21-51-31)18-35(4,5)37(38,39)40)26-19-36(20-26)13-15-44(16-14-36)34(47)50-6/h7-12,17,26-27H,13-16,18-21H2,1-6H3,(H,41,42,43)/t27-/m1/s1. The highest BCUT2D eigenvalue weighted by atomic mass is 32.2. The zero-order chi connectivity index (χ0) is 37.8. The minimum Gasteiger partial charge on any atom is -0.475 e. The molecule has 1 atom stereocenters. The molecule has 2 amide bonds. The van der Waals surface area contributed by atoms with Gasteiger partial charge in [0.25, 0.3) is 15.9 Å². The first kappa shape index (κ1) is 37.4. The Kier molecular flexibility index (Phi) is 9.73. The van der Waals surface area contributed by atoms with E-state index in [9.17, 15) is 31.2 Å². The molecule has 2 fully saturated rings. The minimum atomic E-state index is -4.60. The van der Waals surface area contributed by atoms with Crippen molar-refractivity contribution in [3.63, 3.8) is 0 Å². The molecule has 52 heavy (non-hydrogen) atoms. The van der Waals surface area contributed by atoms with Crippen LogP contribution in [0.1, 0.15) is 73.0 Å². The molecule has 1 spiro atoms. The van der Waals surface area contributed by atoms with E-state index in [1.54, 1.807) is 11.8 Å². The number of aryl methyl sites for hydroxylation is 2. The molecule has 0 radical (unpaired) electrons. The summed E-state index contributed by atoms with van der Waals surface area (Å²) >= 11 is 0. The molecular formula is C37H44F3N5O6S. The van der Waals surface area contributed by atoms with Gasteiger partial charge in [0, 0.05) is 35.8 Å². The SMILES string of the molecule is COC(=O)N1CCC2(CC1)CC(N1C(=O)c3cccc(c3)S(=O)(=O)Nc3nc(c(C)c(-c4c(C)cccc4C)n3)OC[C@H]1CC(C)(C)C(F)(F)F)C2. The first-order chi connectivity index (χ1) is 24.3. The zero-order valence-electron chi connectivity index (χ0n) is 30.1. The molecule has 3 aromatic rings. The molecule has 1 N–H and O–H groups in total. The summed E-state index contributed by atoms with van der Waals surface area (Å²) < 4.78 is 84.8. The quantitative estimate of drug-likeness (QED) is 0.301. The molecule has 2 aromatic carbocycles. The molecule has 0 unspecified atom stereocenters. The van der Waals surface area contributed by atoms with Crippen molar-refractivity contribution >= 4 is 28.0 Å². The van der Waals surface area contributed by atoms with Crippen LogP contribution in [-0.2, 0) is 14.8 Å². The number of carbonyl (C=O) groups is 2. The fourth-order valence-electron chi connectivity index (χ4n) is 7.82. The van der Waals surface area contributed by atoms with E-state index in [4.69, 9.17) is 9.47 Å². The lowest BCUT2D eigenvalue weighted by Crippen LogP contribution is -2.61. The van der Waals surface area contributed by atoms with E-state index >= 15 is 0 Å². The number of anilines is 1. The highest BCUT2D eigenvalue weighted by molar-refractivity contribution is 7.92. The Hall–Kier alpha value is -4.40. The Morgan fingerprint density at radius 2 is 1.67 bits per heavy atom. The normalized spacial score (nSPS) is 20.5. The summed E-state index contributed by atoms with van der Waals surface area (Å²) in [5.74, 6) is -0.892. The highest BCUT2D eigenvalue weighted by Crippen LogP contribution is 2.53. The van der Waals surface area contributed by atoms with Gasteiger partial charge < -0.3 is 19.3 Å². The average molecular weight is 744 g/mol. The topological polar surface area (TPSA) is 131 Å². The molecule has 11 nitrogen and oxygen atoms in total. The number of amides is 2. The van der Waals surface area contributed by atoms with Gasteiger partial charge in [0.05, 0.1) is 29.2 Å². The maximum absolute atomic E-state index is 14.6. The number of fused-ring (bicyclic) bond motifs is 4. The van der Waals surface area contributed by atoms with Crippen LogP contribution < -0.4 is 9.46 Å². The minimum absolute atomic E-state index is 0.0124.